The number of carbonyl (C=O) groups is 1. The standard InChI is InChI=1S/C21H34O3/c1-14-12-20-9-6-15-18(2,16(20)13-21(14,23)11-10-20)7-5-8-19(15,3)17(22)24-4/h14-16,23H,5-13H2,1-4H3. The molecule has 5 saturated carbocycles. The van der Waals surface area contributed by atoms with Crippen molar-refractivity contribution in [2.24, 2.45) is 34.0 Å². The third-order valence-corrected chi connectivity index (χ3v) is 9.34. The van der Waals surface area contributed by atoms with Crippen molar-refractivity contribution in [3.05, 3.63) is 0 Å². The van der Waals surface area contributed by atoms with Crippen LogP contribution in [0.3, 0.4) is 0 Å². The molecule has 24 heavy (non-hydrogen) atoms. The lowest BCUT2D eigenvalue weighted by Gasteiger charge is -2.70. The minimum absolute atomic E-state index is 0.0116. The number of rotatable bonds is 1. The number of ether oxygens (including phenoxy) is 1. The zero-order valence-corrected chi connectivity index (χ0v) is 15.9. The van der Waals surface area contributed by atoms with Crippen molar-refractivity contribution < 1.29 is 14.6 Å². The summed E-state index contributed by atoms with van der Waals surface area (Å²) in [5.41, 5.74) is -0.206. The summed E-state index contributed by atoms with van der Waals surface area (Å²) in [6, 6.07) is 0. The van der Waals surface area contributed by atoms with Crippen molar-refractivity contribution in [1.82, 2.24) is 0 Å². The van der Waals surface area contributed by atoms with Gasteiger partial charge in [0.15, 0.2) is 0 Å². The van der Waals surface area contributed by atoms with Crippen molar-refractivity contribution in [2.45, 2.75) is 84.2 Å². The van der Waals surface area contributed by atoms with Crippen LogP contribution < -0.4 is 0 Å². The second-order valence-electron chi connectivity index (χ2n) is 10.2. The van der Waals surface area contributed by atoms with E-state index < -0.39 is 5.60 Å². The number of aliphatic hydroxyl groups is 1. The number of hydrogen-bond acceptors (Lipinski definition) is 3. The molecule has 0 saturated heterocycles. The van der Waals surface area contributed by atoms with Crippen molar-refractivity contribution >= 4 is 5.97 Å². The first-order valence-corrected chi connectivity index (χ1v) is 10.0. The molecular weight excluding hydrogens is 300 g/mol. The molecule has 3 heteroatoms. The number of esters is 1. The number of fused-ring (bicyclic) bond motifs is 3. The van der Waals surface area contributed by atoms with E-state index in [0.29, 0.717) is 23.2 Å². The van der Waals surface area contributed by atoms with Crippen LogP contribution in [0, 0.1) is 34.0 Å². The van der Waals surface area contributed by atoms with Gasteiger partial charge in [-0.05, 0) is 86.9 Å². The van der Waals surface area contributed by atoms with Gasteiger partial charge in [0, 0.05) is 0 Å². The molecule has 0 amide bonds. The van der Waals surface area contributed by atoms with Gasteiger partial charge in [0.25, 0.3) is 0 Å². The van der Waals surface area contributed by atoms with Gasteiger partial charge in [0.05, 0.1) is 18.1 Å². The van der Waals surface area contributed by atoms with E-state index in [0.717, 1.165) is 32.1 Å². The summed E-state index contributed by atoms with van der Waals surface area (Å²) < 4.78 is 5.23. The van der Waals surface area contributed by atoms with E-state index in [1.807, 2.05) is 0 Å². The first-order chi connectivity index (χ1) is 11.2. The van der Waals surface area contributed by atoms with Crippen molar-refractivity contribution in [3.8, 4) is 0 Å². The lowest BCUT2D eigenvalue weighted by atomic mass is 9.35. The minimum atomic E-state index is -0.462. The van der Waals surface area contributed by atoms with Gasteiger partial charge < -0.3 is 9.84 Å². The fourth-order valence-electron chi connectivity index (χ4n) is 8.02. The quantitative estimate of drug-likeness (QED) is 0.726. The van der Waals surface area contributed by atoms with Crippen LogP contribution in [0.1, 0.15) is 78.6 Å². The Kier molecular flexibility index (Phi) is 3.51. The molecule has 7 unspecified atom stereocenters. The molecule has 0 aromatic carbocycles. The maximum atomic E-state index is 12.6. The Balaban J connectivity index is 1.74. The molecule has 3 nitrogen and oxygen atoms in total. The van der Waals surface area contributed by atoms with E-state index in [1.54, 1.807) is 0 Å². The summed E-state index contributed by atoms with van der Waals surface area (Å²) in [7, 11) is 1.54. The van der Waals surface area contributed by atoms with Crippen LogP contribution in [-0.4, -0.2) is 23.8 Å². The molecule has 1 spiro atoms. The van der Waals surface area contributed by atoms with Gasteiger partial charge in [-0.3, -0.25) is 4.79 Å². The predicted molar refractivity (Wildman–Crippen MR) is 93.3 cm³/mol. The van der Waals surface area contributed by atoms with E-state index in [-0.39, 0.29) is 16.8 Å². The molecule has 0 radical (unpaired) electrons. The molecule has 0 aromatic rings. The highest BCUT2D eigenvalue weighted by atomic mass is 16.5. The monoisotopic (exact) mass is 334 g/mol. The second-order valence-corrected chi connectivity index (χ2v) is 10.2. The minimum Gasteiger partial charge on any atom is -0.469 e. The average Bonchev–Trinajstić information content (AvgIpc) is 2.54. The Hall–Kier alpha value is -0.570. The van der Waals surface area contributed by atoms with Gasteiger partial charge in [-0.15, -0.1) is 0 Å². The van der Waals surface area contributed by atoms with Gasteiger partial charge in [0.1, 0.15) is 0 Å². The summed E-state index contributed by atoms with van der Waals surface area (Å²) >= 11 is 0. The summed E-state index contributed by atoms with van der Waals surface area (Å²) in [6.45, 7) is 6.85. The zero-order valence-electron chi connectivity index (χ0n) is 15.9. The molecule has 1 N–H and O–H groups in total. The number of methoxy groups -OCH3 is 1. The van der Waals surface area contributed by atoms with Crippen LogP contribution in [0.4, 0.5) is 0 Å². The first kappa shape index (κ1) is 16.9. The average molecular weight is 335 g/mol. The molecular formula is C21H34O3. The topological polar surface area (TPSA) is 46.5 Å². The van der Waals surface area contributed by atoms with E-state index >= 15 is 0 Å². The highest BCUT2D eigenvalue weighted by molar-refractivity contribution is 5.77. The highest BCUT2D eigenvalue weighted by Gasteiger charge is 2.68. The smallest absolute Gasteiger partial charge is 0.311 e. The van der Waals surface area contributed by atoms with Crippen LogP contribution in [-0.2, 0) is 9.53 Å². The maximum absolute atomic E-state index is 12.6. The SMILES string of the molecule is COC(=O)C1(C)CCCC2(C)C3CC4(O)CCC3(CCC12)CC4C. The second kappa shape index (κ2) is 4.99. The Morgan fingerprint density at radius 2 is 1.79 bits per heavy atom. The lowest BCUT2D eigenvalue weighted by Crippen LogP contribution is -2.66. The van der Waals surface area contributed by atoms with Gasteiger partial charge in [0.2, 0.25) is 0 Å². The van der Waals surface area contributed by atoms with E-state index in [1.165, 1.54) is 32.8 Å². The molecule has 7 atom stereocenters. The Bertz CT molecular complexity index is 559. The first-order valence-electron chi connectivity index (χ1n) is 10.0. The van der Waals surface area contributed by atoms with Crippen molar-refractivity contribution in [1.29, 1.82) is 0 Å². The summed E-state index contributed by atoms with van der Waals surface area (Å²) in [6.07, 6.45) is 9.99. The molecule has 5 aliphatic carbocycles. The fourth-order valence-corrected chi connectivity index (χ4v) is 8.02. The fraction of sp³-hybridized carbons (Fsp3) is 0.952. The third-order valence-electron chi connectivity index (χ3n) is 9.34. The van der Waals surface area contributed by atoms with Crippen LogP contribution >= 0.6 is 0 Å². The molecule has 0 aromatic heterocycles. The van der Waals surface area contributed by atoms with Crippen LogP contribution in [0.15, 0.2) is 0 Å². The van der Waals surface area contributed by atoms with Crippen molar-refractivity contribution in [3.63, 3.8) is 0 Å². The van der Waals surface area contributed by atoms with Gasteiger partial charge in [-0.2, -0.15) is 0 Å². The van der Waals surface area contributed by atoms with E-state index in [4.69, 9.17) is 4.74 Å². The highest BCUT2D eigenvalue weighted by Crippen LogP contribution is 2.72. The predicted octanol–water partition coefficient (Wildman–Crippen LogP) is 4.32. The summed E-state index contributed by atoms with van der Waals surface area (Å²) in [5.74, 6) is 1.39. The van der Waals surface area contributed by atoms with Gasteiger partial charge >= 0.3 is 5.97 Å². The Labute approximate surface area is 146 Å². The molecule has 5 fully saturated rings. The molecule has 2 bridgehead atoms. The molecule has 0 heterocycles. The lowest BCUT2D eigenvalue weighted by molar-refractivity contribution is -0.242. The van der Waals surface area contributed by atoms with E-state index in [9.17, 15) is 9.90 Å². The molecule has 136 valence electrons. The summed E-state index contributed by atoms with van der Waals surface area (Å²) in [5, 5.41) is 11.2. The van der Waals surface area contributed by atoms with Crippen LogP contribution in [0.5, 0.6) is 0 Å². The summed E-state index contributed by atoms with van der Waals surface area (Å²) in [4.78, 5) is 12.6. The van der Waals surface area contributed by atoms with Gasteiger partial charge in [-0.1, -0.05) is 20.3 Å². The third kappa shape index (κ3) is 1.91. The largest absolute Gasteiger partial charge is 0.469 e. The van der Waals surface area contributed by atoms with E-state index in [2.05, 4.69) is 20.8 Å². The maximum Gasteiger partial charge on any atom is 0.311 e. The molecule has 5 aliphatic rings. The van der Waals surface area contributed by atoms with Crippen LogP contribution in [0.2, 0.25) is 0 Å². The number of carbonyl (C=O) groups excluding carboxylic acids is 1. The Morgan fingerprint density at radius 3 is 2.46 bits per heavy atom. The molecule has 0 aliphatic heterocycles. The van der Waals surface area contributed by atoms with Crippen LogP contribution in [0.25, 0.3) is 0 Å². The number of hydrogen-bond donors (Lipinski definition) is 1. The normalized spacial score (nSPS) is 56.3. The molecule has 5 rings (SSSR count). The Morgan fingerprint density at radius 1 is 1.04 bits per heavy atom. The van der Waals surface area contributed by atoms with Crippen molar-refractivity contribution in [2.75, 3.05) is 7.11 Å². The van der Waals surface area contributed by atoms with Gasteiger partial charge in [-0.25, -0.2) is 0 Å². The zero-order chi connectivity index (χ0) is 17.4.